The molecular weight excluding hydrogens is 124 g/mol. The van der Waals surface area contributed by atoms with Crippen LogP contribution < -0.4 is 0 Å². The predicted octanol–water partition coefficient (Wildman–Crippen LogP) is 1.68. The summed E-state index contributed by atoms with van der Waals surface area (Å²) in [4.78, 5) is 0. The van der Waals surface area contributed by atoms with Crippen molar-refractivity contribution in [3.05, 3.63) is 37.5 Å². The van der Waals surface area contributed by atoms with Crippen molar-refractivity contribution in [2.45, 2.75) is 0 Å². The largest absolute Gasteiger partial charge is 0.263 e. The van der Waals surface area contributed by atoms with Crippen LogP contribution in [0.15, 0.2) is 30.5 Å². The summed E-state index contributed by atoms with van der Waals surface area (Å²) in [5.74, 6) is 0. The Labute approximate surface area is 59.1 Å². The standard InChI is InChI=1S/C8H7N2/c1-10-8-5-3-2-4-7(8)6-9-10/h2-6H,1H2. The third-order valence-electron chi connectivity index (χ3n) is 1.55. The fraction of sp³-hybridized carbons (Fsp3) is 0. The Balaban J connectivity index is 2.93. The van der Waals surface area contributed by atoms with E-state index in [9.17, 15) is 0 Å². The molecule has 0 spiro atoms. The first kappa shape index (κ1) is 5.47. The van der Waals surface area contributed by atoms with Gasteiger partial charge in [0.15, 0.2) is 0 Å². The van der Waals surface area contributed by atoms with E-state index in [1.165, 1.54) is 0 Å². The summed E-state index contributed by atoms with van der Waals surface area (Å²) < 4.78 is 1.62. The van der Waals surface area contributed by atoms with E-state index in [1.807, 2.05) is 30.5 Å². The van der Waals surface area contributed by atoms with Crippen molar-refractivity contribution >= 4 is 10.9 Å². The number of hydrogen-bond donors (Lipinski definition) is 0. The Bertz CT molecular complexity index is 349. The minimum Gasteiger partial charge on any atom is -0.263 e. The third kappa shape index (κ3) is 0.620. The van der Waals surface area contributed by atoms with Crippen LogP contribution in [-0.2, 0) is 0 Å². The molecule has 0 unspecified atom stereocenters. The van der Waals surface area contributed by atoms with Gasteiger partial charge in [0.1, 0.15) is 0 Å². The summed E-state index contributed by atoms with van der Waals surface area (Å²) in [6, 6.07) is 7.98. The number of benzene rings is 1. The van der Waals surface area contributed by atoms with E-state index in [1.54, 1.807) is 4.68 Å². The van der Waals surface area contributed by atoms with Crippen molar-refractivity contribution in [2.75, 3.05) is 0 Å². The lowest BCUT2D eigenvalue weighted by Crippen LogP contribution is -1.84. The van der Waals surface area contributed by atoms with Gasteiger partial charge >= 0.3 is 0 Å². The molecule has 2 heteroatoms. The third-order valence-corrected chi connectivity index (χ3v) is 1.55. The quantitative estimate of drug-likeness (QED) is 0.531. The van der Waals surface area contributed by atoms with Gasteiger partial charge in [-0.3, -0.25) is 4.68 Å². The number of hydrogen-bond acceptors (Lipinski definition) is 1. The Morgan fingerprint density at radius 1 is 1.30 bits per heavy atom. The smallest absolute Gasteiger partial charge is 0.0683 e. The highest BCUT2D eigenvalue weighted by atomic mass is 15.2. The molecule has 0 saturated heterocycles. The lowest BCUT2D eigenvalue weighted by atomic mass is 10.3. The molecule has 0 aliphatic heterocycles. The molecule has 1 heterocycles. The van der Waals surface area contributed by atoms with Crippen LogP contribution in [0.25, 0.3) is 10.9 Å². The maximum absolute atomic E-state index is 4.00. The van der Waals surface area contributed by atoms with Crippen molar-refractivity contribution in [3.8, 4) is 0 Å². The van der Waals surface area contributed by atoms with Crippen molar-refractivity contribution in [1.29, 1.82) is 0 Å². The SMILES string of the molecule is [CH2]n1ncc2ccccc21. The summed E-state index contributed by atoms with van der Waals surface area (Å²) >= 11 is 0. The first-order chi connectivity index (χ1) is 4.88. The predicted molar refractivity (Wildman–Crippen MR) is 40.5 cm³/mol. The molecule has 2 rings (SSSR count). The van der Waals surface area contributed by atoms with Crippen molar-refractivity contribution < 1.29 is 0 Å². The molecule has 1 aromatic heterocycles. The molecule has 0 amide bonds. The Morgan fingerprint density at radius 3 is 2.90 bits per heavy atom. The minimum absolute atomic E-state index is 1.07. The molecule has 1 aromatic carbocycles. The summed E-state index contributed by atoms with van der Waals surface area (Å²) in [7, 11) is 3.71. The highest BCUT2D eigenvalue weighted by Crippen LogP contribution is 2.10. The normalized spacial score (nSPS) is 10.5. The summed E-state index contributed by atoms with van der Waals surface area (Å²) in [6.07, 6.45) is 1.81. The zero-order valence-corrected chi connectivity index (χ0v) is 5.49. The number of fused-ring (bicyclic) bond motifs is 1. The van der Waals surface area contributed by atoms with Gasteiger partial charge in [-0.1, -0.05) is 18.2 Å². The summed E-state index contributed by atoms with van der Waals surface area (Å²) in [5.41, 5.74) is 1.07. The molecule has 0 fully saturated rings. The fourth-order valence-corrected chi connectivity index (χ4v) is 1.03. The van der Waals surface area contributed by atoms with Gasteiger partial charge in [-0.25, -0.2) is 0 Å². The number of para-hydroxylation sites is 1. The molecule has 1 radical (unpaired) electrons. The van der Waals surface area contributed by atoms with Crippen LogP contribution in [0.3, 0.4) is 0 Å². The average molecular weight is 131 g/mol. The Morgan fingerprint density at radius 2 is 2.10 bits per heavy atom. The number of nitrogens with zero attached hydrogens (tertiary/aromatic N) is 2. The van der Waals surface area contributed by atoms with Crippen LogP contribution in [0.1, 0.15) is 0 Å². The van der Waals surface area contributed by atoms with Crippen LogP contribution >= 0.6 is 0 Å². The van der Waals surface area contributed by atoms with Gasteiger partial charge in [-0.2, -0.15) is 5.10 Å². The molecule has 2 nitrogen and oxygen atoms in total. The summed E-state index contributed by atoms with van der Waals surface area (Å²) in [6.45, 7) is 0. The highest BCUT2D eigenvalue weighted by Gasteiger charge is 1.93. The minimum atomic E-state index is 1.07. The van der Waals surface area contributed by atoms with Crippen molar-refractivity contribution in [2.24, 2.45) is 0 Å². The molecular formula is C8H7N2. The maximum Gasteiger partial charge on any atom is 0.0683 e. The van der Waals surface area contributed by atoms with Gasteiger partial charge in [0, 0.05) is 5.39 Å². The second-order valence-corrected chi connectivity index (χ2v) is 2.20. The number of aromatic nitrogens is 2. The highest BCUT2D eigenvalue weighted by molar-refractivity contribution is 5.78. The van der Waals surface area contributed by atoms with Crippen LogP contribution in [-0.4, -0.2) is 9.78 Å². The first-order valence-corrected chi connectivity index (χ1v) is 3.11. The molecule has 0 aliphatic carbocycles. The molecule has 0 aliphatic rings. The number of rotatable bonds is 0. The van der Waals surface area contributed by atoms with Gasteiger partial charge in [0.2, 0.25) is 0 Å². The van der Waals surface area contributed by atoms with Crippen LogP contribution in [0, 0.1) is 7.05 Å². The van der Waals surface area contributed by atoms with Crippen LogP contribution in [0.5, 0.6) is 0 Å². The van der Waals surface area contributed by atoms with Gasteiger partial charge in [-0.05, 0) is 6.07 Å². The zero-order valence-electron chi connectivity index (χ0n) is 5.49. The van der Waals surface area contributed by atoms with E-state index >= 15 is 0 Å². The van der Waals surface area contributed by atoms with Gasteiger partial charge in [-0.15, -0.1) is 0 Å². The van der Waals surface area contributed by atoms with Gasteiger partial charge in [0.25, 0.3) is 0 Å². The molecule has 0 atom stereocenters. The van der Waals surface area contributed by atoms with E-state index in [-0.39, 0.29) is 0 Å². The molecule has 2 aromatic rings. The van der Waals surface area contributed by atoms with Crippen LogP contribution in [0.4, 0.5) is 0 Å². The second-order valence-electron chi connectivity index (χ2n) is 2.20. The van der Waals surface area contributed by atoms with Gasteiger partial charge in [0.05, 0.1) is 18.8 Å². The average Bonchev–Trinajstić information content (AvgIpc) is 2.34. The van der Waals surface area contributed by atoms with Crippen molar-refractivity contribution in [3.63, 3.8) is 0 Å². The molecule has 10 heavy (non-hydrogen) atoms. The topological polar surface area (TPSA) is 17.8 Å². The monoisotopic (exact) mass is 131 g/mol. The molecule has 0 saturated carbocycles. The van der Waals surface area contributed by atoms with E-state index in [0.29, 0.717) is 0 Å². The van der Waals surface area contributed by atoms with Gasteiger partial charge < -0.3 is 0 Å². The first-order valence-electron chi connectivity index (χ1n) is 3.11. The Hall–Kier alpha value is -1.31. The Kier molecular flexibility index (Phi) is 1.01. The maximum atomic E-state index is 4.00. The van der Waals surface area contributed by atoms with E-state index in [2.05, 4.69) is 12.1 Å². The van der Waals surface area contributed by atoms with E-state index in [0.717, 1.165) is 10.9 Å². The molecule has 0 N–H and O–H groups in total. The van der Waals surface area contributed by atoms with E-state index < -0.39 is 0 Å². The lowest BCUT2D eigenvalue weighted by Gasteiger charge is -1.89. The molecule has 0 bridgehead atoms. The zero-order chi connectivity index (χ0) is 6.97. The molecule has 49 valence electrons. The van der Waals surface area contributed by atoms with Crippen LogP contribution in [0.2, 0.25) is 0 Å². The van der Waals surface area contributed by atoms with E-state index in [4.69, 9.17) is 0 Å². The lowest BCUT2D eigenvalue weighted by molar-refractivity contribution is 0.908. The fourth-order valence-electron chi connectivity index (χ4n) is 1.03. The second kappa shape index (κ2) is 1.84. The summed E-state index contributed by atoms with van der Waals surface area (Å²) in [5, 5.41) is 5.14. The van der Waals surface area contributed by atoms with Crippen molar-refractivity contribution in [1.82, 2.24) is 9.78 Å².